The molecule has 2 rings (SSSR count). The molecule has 8 nitrogen and oxygen atoms in total. The number of thioether (sulfide) groups is 1. The van der Waals surface area contributed by atoms with Gasteiger partial charge in [0.25, 0.3) is 5.56 Å². The Balaban J connectivity index is 2.62. The highest BCUT2D eigenvalue weighted by Crippen LogP contribution is 2.23. The second kappa shape index (κ2) is 10.4. The van der Waals surface area contributed by atoms with Crippen LogP contribution in [0.15, 0.2) is 14.6 Å². The van der Waals surface area contributed by atoms with Crippen LogP contribution < -0.4 is 11.2 Å². The Kier molecular flexibility index (Phi) is 8.22. The van der Waals surface area contributed by atoms with E-state index in [-0.39, 0.29) is 16.8 Å². The standard InChI is InChI=1S/C19H28N4O4S/c1-5-7-8-9-10-13-20-16-15(17(21-13)28-12-14(24)27-4)18(25)22(3)19(26)23(16)11-6-2/h5-12H2,1-4H3. The summed E-state index contributed by atoms with van der Waals surface area (Å²) < 4.78 is 7.30. The molecular formula is C19H28N4O4S. The van der Waals surface area contributed by atoms with Crippen LogP contribution in [0.4, 0.5) is 0 Å². The quantitative estimate of drug-likeness (QED) is 0.257. The summed E-state index contributed by atoms with van der Waals surface area (Å²) in [6.07, 6.45) is 5.67. The van der Waals surface area contributed by atoms with Gasteiger partial charge >= 0.3 is 11.7 Å². The van der Waals surface area contributed by atoms with Gasteiger partial charge in [-0.05, 0) is 12.8 Å². The normalized spacial score (nSPS) is 11.1. The van der Waals surface area contributed by atoms with Gasteiger partial charge < -0.3 is 4.74 Å². The van der Waals surface area contributed by atoms with E-state index in [0.29, 0.717) is 29.5 Å². The molecule has 0 fully saturated rings. The molecule has 0 aromatic carbocycles. The van der Waals surface area contributed by atoms with Crippen LogP contribution in [-0.2, 0) is 29.5 Å². The highest BCUT2D eigenvalue weighted by molar-refractivity contribution is 8.00. The lowest BCUT2D eigenvalue weighted by molar-refractivity contribution is -0.137. The molecule has 0 radical (unpaired) electrons. The van der Waals surface area contributed by atoms with Crippen molar-refractivity contribution in [2.24, 2.45) is 7.05 Å². The van der Waals surface area contributed by atoms with Gasteiger partial charge in [0.05, 0.1) is 12.9 Å². The molecule has 0 aliphatic carbocycles. The molecule has 28 heavy (non-hydrogen) atoms. The Morgan fingerprint density at radius 3 is 2.50 bits per heavy atom. The van der Waals surface area contributed by atoms with E-state index >= 15 is 0 Å². The zero-order chi connectivity index (χ0) is 20.7. The Bertz CT molecular complexity index is 952. The van der Waals surface area contributed by atoms with Gasteiger partial charge in [-0.3, -0.25) is 18.7 Å². The van der Waals surface area contributed by atoms with Gasteiger partial charge in [0, 0.05) is 20.0 Å². The van der Waals surface area contributed by atoms with Crippen LogP contribution in [0.5, 0.6) is 0 Å². The fraction of sp³-hybridized carbons (Fsp3) is 0.632. The minimum Gasteiger partial charge on any atom is -0.468 e. The summed E-state index contributed by atoms with van der Waals surface area (Å²) in [7, 11) is 2.77. The molecule has 0 N–H and O–H groups in total. The number of unbranched alkanes of at least 4 members (excludes halogenated alkanes) is 3. The number of rotatable bonds is 10. The van der Waals surface area contributed by atoms with Crippen molar-refractivity contribution < 1.29 is 9.53 Å². The summed E-state index contributed by atoms with van der Waals surface area (Å²) >= 11 is 1.14. The molecule has 0 bridgehead atoms. The summed E-state index contributed by atoms with van der Waals surface area (Å²) in [5, 5.41) is 0.702. The maximum Gasteiger partial charge on any atom is 0.332 e. The third-order valence-corrected chi connectivity index (χ3v) is 5.40. The van der Waals surface area contributed by atoms with Crippen molar-refractivity contribution in [3.63, 3.8) is 0 Å². The number of nitrogens with zero attached hydrogens (tertiary/aromatic N) is 4. The van der Waals surface area contributed by atoms with Crippen LogP contribution in [0.1, 0.15) is 51.8 Å². The topological polar surface area (TPSA) is 96.1 Å². The number of carbonyl (C=O) groups is 1. The van der Waals surface area contributed by atoms with E-state index in [1.54, 1.807) is 0 Å². The van der Waals surface area contributed by atoms with E-state index in [1.807, 2.05) is 6.92 Å². The molecule has 0 saturated carbocycles. The number of carbonyl (C=O) groups excluding carboxylic acids is 1. The van der Waals surface area contributed by atoms with Crippen LogP contribution >= 0.6 is 11.8 Å². The van der Waals surface area contributed by atoms with Crippen LogP contribution in [0.25, 0.3) is 11.0 Å². The molecule has 0 amide bonds. The maximum absolute atomic E-state index is 12.8. The maximum atomic E-state index is 12.8. The summed E-state index contributed by atoms with van der Waals surface area (Å²) in [4.78, 5) is 46.1. The molecule has 9 heteroatoms. The zero-order valence-corrected chi connectivity index (χ0v) is 17.8. The average molecular weight is 409 g/mol. The van der Waals surface area contributed by atoms with Crippen molar-refractivity contribution in [1.82, 2.24) is 19.1 Å². The Morgan fingerprint density at radius 1 is 1.11 bits per heavy atom. The van der Waals surface area contributed by atoms with Crippen molar-refractivity contribution in [3.8, 4) is 0 Å². The number of aromatic nitrogens is 4. The second-order valence-electron chi connectivity index (χ2n) is 6.62. The smallest absolute Gasteiger partial charge is 0.332 e. The molecule has 2 aromatic heterocycles. The van der Waals surface area contributed by atoms with Gasteiger partial charge in [-0.2, -0.15) is 0 Å². The second-order valence-corrected chi connectivity index (χ2v) is 7.58. The van der Waals surface area contributed by atoms with E-state index < -0.39 is 11.5 Å². The first kappa shape index (κ1) is 22.1. The van der Waals surface area contributed by atoms with Gasteiger partial charge in [-0.15, -0.1) is 0 Å². The fourth-order valence-corrected chi connectivity index (χ4v) is 3.78. The Labute approximate surface area is 168 Å². The minimum absolute atomic E-state index is 0.0357. The first-order valence-corrected chi connectivity index (χ1v) is 10.6. The summed E-state index contributed by atoms with van der Waals surface area (Å²) in [5.41, 5.74) is -0.487. The highest BCUT2D eigenvalue weighted by Gasteiger charge is 2.19. The zero-order valence-electron chi connectivity index (χ0n) is 17.0. The van der Waals surface area contributed by atoms with Crippen molar-refractivity contribution in [2.45, 2.75) is 63.9 Å². The third-order valence-electron chi connectivity index (χ3n) is 4.45. The van der Waals surface area contributed by atoms with Gasteiger partial charge in [0.1, 0.15) is 16.2 Å². The van der Waals surface area contributed by atoms with Crippen LogP contribution in [0, 0.1) is 0 Å². The lowest BCUT2D eigenvalue weighted by Crippen LogP contribution is -2.39. The van der Waals surface area contributed by atoms with Crippen LogP contribution in [0.3, 0.4) is 0 Å². The fourth-order valence-electron chi connectivity index (χ4n) is 2.92. The van der Waals surface area contributed by atoms with Gasteiger partial charge in [0.15, 0.2) is 5.65 Å². The number of esters is 1. The molecule has 0 atom stereocenters. The van der Waals surface area contributed by atoms with Crippen molar-refractivity contribution >= 4 is 28.8 Å². The Morgan fingerprint density at radius 2 is 1.86 bits per heavy atom. The number of fused-ring (bicyclic) bond motifs is 1. The lowest BCUT2D eigenvalue weighted by Gasteiger charge is -2.14. The number of hydrogen-bond acceptors (Lipinski definition) is 7. The van der Waals surface area contributed by atoms with E-state index in [9.17, 15) is 14.4 Å². The predicted molar refractivity (Wildman–Crippen MR) is 110 cm³/mol. The molecule has 0 aliphatic rings. The molecule has 154 valence electrons. The molecule has 0 unspecified atom stereocenters. The van der Waals surface area contributed by atoms with E-state index in [2.05, 4.69) is 16.9 Å². The molecule has 0 saturated heterocycles. The Hall–Kier alpha value is -2.16. The average Bonchev–Trinajstić information content (AvgIpc) is 2.70. The van der Waals surface area contributed by atoms with E-state index in [4.69, 9.17) is 4.74 Å². The highest BCUT2D eigenvalue weighted by atomic mass is 32.2. The molecule has 2 heterocycles. The van der Waals surface area contributed by atoms with E-state index in [1.165, 1.54) is 18.7 Å². The third kappa shape index (κ3) is 5.01. The molecule has 2 aromatic rings. The van der Waals surface area contributed by atoms with E-state index in [0.717, 1.165) is 48.4 Å². The van der Waals surface area contributed by atoms with Crippen LogP contribution in [0.2, 0.25) is 0 Å². The van der Waals surface area contributed by atoms with Gasteiger partial charge in [-0.1, -0.05) is 44.9 Å². The first-order chi connectivity index (χ1) is 13.4. The SMILES string of the molecule is CCCCCCc1nc(SCC(=O)OC)c2c(=O)n(C)c(=O)n(CCC)c2n1. The van der Waals surface area contributed by atoms with Crippen LogP contribution in [-0.4, -0.2) is 37.9 Å². The predicted octanol–water partition coefficient (Wildman–Crippen LogP) is 2.29. The number of hydrogen-bond donors (Lipinski definition) is 0. The number of methoxy groups -OCH3 is 1. The summed E-state index contributed by atoms with van der Waals surface area (Å²) in [6.45, 7) is 4.56. The number of ether oxygens (including phenoxy) is 1. The van der Waals surface area contributed by atoms with Gasteiger partial charge in [0.2, 0.25) is 0 Å². The molecular weight excluding hydrogens is 380 g/mol. The minimum atomic E-state index is -0.447. The molecule has 0 spiro atoms. The van der Waals surface area contributed by atoms with Crippen molar-refractivity contribution in [1.29, 1.82) is 0 Å². The summed E-state index contributed by atoms with van der Waals surface area (Å²) in [5.74, 6) is 0.224. The number of aryl methyl sites for hydroxylation is 2. The van der Waals surface area contributed by atoms with Gasteiger partial charge in [-0.25, -0.2) is 14.8 Å². The lowest BCUT2D eigenvalue weighted by atomic mass is 10.1. The van der Waals surface area contributed by atoms with Crippen molar-refractivity contribution in [3.05, 3.63) is 26.7 Å². The molecule has 0 aliphatic heterocycles. The summed E-state index contributed by atoms with van der Waals surface area (Å²) in [6, 6.07) is 0. The van der Waals surface area contributed by atoms with Crippen molar-refractivity contribution in [2.75, 3.05) is 12.9 Å². The monoisotopic (exact) mass is 408 g/mol. The largest absolute Gasteiger partial charge is 0.468 e. The first-order valence-electron chi connectivity index (χ1n) is 9.64.